The molecule has 4 heteroatoms. The Labute approximate surface area is 158 Å². The SMILES string of the molecule is CCCCc1nn2c(-c3ccc(F)cc3)ccnc2c1-c1ccc(C)cc1. The van der Waals surface area contributed by atoms with Crippen molar-refractivity contribution in [3.8, 4) is 22.4 Å². The molecule has 0 unspecified atom stereocenters. The van der Waals surface area contributed by atoms with Crippen molar-refractivity contribution < 1.29 is 4.39 Å². The van der Waals surface area contributed by atoms with Crippen molar-refractivity contribution in [2.75, 3.05) is 0 Å². The Balaban J connectivity index is 1.94. The maximum absolute atomic E-state index is 13.3. The number of nitrogens with zero attached hydrogens (tertiary/aromatic N) is 3. The summed E-state index contributed by atoms with van der Waals surface area (Å²) in [6, 6.07) is 16.9. The molecule has 0 radical (unpaired) electrons. The molecular weight excluding hydrogens is 337 g/mol. The predicted octanol–water partition coefficient (Wildman–Crippen LogP) is 5.85. The molecule has 3 nitrogen and oxygen atoms in total. The van der Waals surface area contributed by atoms with Crippen LogP contribution in [0, 0.1) is 12.7 Å². The molecule has 0 amide bonds. The summed E-state index contributed by atoms with van der Waals surface area (Å²) < 4.78 is 15.2. The van der Waals surface area contributed by atoms with E-state index in [1.54, 1.807) is 18.3 Å². The van der Waals surface area contributed by atoms with Crippen LogP contribution in [0.5, 0.6) is 0 Å². The minimum Gasteiger partial charge on any atom is -0.236 e. The van der Waals surface area contributed by atoms with E-state index in [4.69, 9.17) is 5.10 Å². The Morgan fingerprint density at radius 3 is 2.33 bits per heavy atom. The molecule has 0 bridgehead atoms. The number of rotatable bonds is 5. The van der Waals surface area contributed by atoms with Gasteiger partial charge in [0.1, 0.15) is 5.82 Å². The zero-order valence-corrected chi connectivity index (χ0v) is 15.6. The van der Waals surface area contributed by atoms with Gasteiger partial charge in [0.05, 0.1) is 11.4 Å². The van der Waals surface area contributed by atoms with Gasteiger partial charge in [-0.2, -0.15) is 5.10 Å². The van der Waals surface area contributed by atoms with Crippen LogP contribution in [0.1, 0.15) is 31.0 Å². The fourth-order valence-corrected chi connectivity index (χ4v) is 3.36. The third-order valence-corrected chi connectivity index (χ3v) is 4.84. The van der Waals surface area contributed by atoms with Crippen LogP contribution in [0.15, 0.2) is 60.8 Å². The molecule has 136 valence electrons. The average Bonchev–Trinajstić information content (AvgIpc) is 3.06. The Morgan fingerprint density at radius 1 is 0.926 bits per heavy atom. The lowest BCUT2D eigenvalue weighted by atomic mass is 10.0. The molecule has 27 heavy (non-hydrogen) atoms. The molecule has 0 spiro atoms. The van der Waals surface area contributed by atoms with Gasteiger partial charge >= 0.3 is 0 Å². The van der Waals surface area contributed by atoms with Crippen LogP contribution < -0.4 is 0 Å². The fraction of sp³-hybridized carbons (Fsp3) is 0.217. The van der Waals surface area contributed by atoms with Crippen LogP contribution >= 0.6 is 0 Å². The molecule has 0 atom stereocenters. The van der Waals surface area contributed by atoms with Crippen molar-refractivity contribution >= 4 is 5.65 Å². The van der Waals surface area contributed by atoms with Crippen molar-refractivity contribution in [3.63, 3.8) is 0 Å². The van der Waals surface area contributed by atoms with E-state index in [0.29, 0.717) is 0 Å². The zero-order valence-electron chi connectivity index (χ0n) is 15.6. The summed E-state index contributed by atoms with van der Waals surface area (Å²) in [7, 11) is 0. The molecule has 2 aromatic carbocycles. The summed E-state index contributed by atoms with van der Waals surface area (Å²) >= 11 is 0. The lowest BCUT2D eigenvalue weighted by molar-refractivity contribution is 0.628. The van der Waals surface area contributed by atoms with Gasteiger partial charge in [0.25, 0.3) is 0 Å². The lowest BCUT2D eigenvalue weighted by Gasteiger charge is -2.05. The molecule has 4 aromatic rings. The van der Waals surface area contributed by atoms with E-state index in [-0.39, 0.29) is 5.82 Å². The maximum atomic E-state index is 13.3. The highest BCUT2D eigenvalue weighted by atomic mass is 19.1. The molecule has 4 rings (SSSR count). The van der Waals surface area contributed by atoms with Gasteiger partial charge in [0.15, 0.2) is 5.65 Å². The largest absolute Gasteiger partial charge is 0.236 e. The first-order valence-corrected chi connectivity index (χ1v) is 9.37. The first-order valence-electron chi connectivity index (χ1n) is 9.37. The normalized spacial score (nSPS) is 11.2. The molecule has 0 saturated carbocycles. The lowest BCUT2D eigenvalue weighted by Crippen LogP contribution is -1.96. The topological polar surface area (TPSA) is 30.2 Å². The Bertz CT molecular complexity index is 1060. The second kappa shape index (κ2) is 7.31. The summed E-state index contributed by atoms with van der Waals surface area (Å²) in [5.74, 6) is -0.242. The van der Waals surface area contributed by atoms with E-state index in [2.05, 4.69) is 43.1 Å². The second-order valence-corrected chi connectivity index (χ2v) is 6.86. The molecule has 0 aliphatic carbocycles. The summed E-state index contributed by atoms with van der Waals surface area (Å²) in [4.78, 5) is 4.64. The molecule has 0 saturated heterocycles. The van der Waals surface area contributed by atoms with Crippen molar-refractivity contribution in [3.05, 3.63) is 77.9 Å². The van der Waals surface area contributed by atoms with Gasteiger partial charge in [0.2, 0.25) is 0 Å². The number of fused-ring (bicyclic) bond motifs is 1. The zero-order chi connectivity index (χ0) is 18.8. The number of aryl methyl sites for hydroxylation is 2. The quantitative estimate of drug-likeness (QED) is 0.447. The van der Waals surface area contributed by atoms with E-state index in [1.807, 2.05) is 10.6 Å². The summed E-state index contributed by atoms with van der Waals surface area (Å²) in [6.07, 6.45) is 4.90. The van der Waals surface area contributed by atoms with Crippen LogP contribution in [0.4, 0.5) is 4.39 Å². The summed E-state index contributed by atoms with van der Waals surface area (Å²) in [5.41, 5.74) is 7.18. The highest BCUT2D eigenvalue weighted by Gasteiger charge is 2.18. The third kappa shape index (κ3) is 3.35. The van der Waals surface area contributed by atoms with Gasteiger partial charge in [0, 0.05) is 17.3 Å². The minimum atomic E-state index is -0.242. The van der Waals surface area contributed by atoms with Crippen LogP contribution in [0.3, 0.4) is 0 Å². The van der Waals surface area contributed by atoms with E-state index in [0.717, 1.165) is 53.0 Å². The first-order chi connectivity index (χ1) is 13.2. The first kappa shape index (κ1) is 17.4. The molecule has 0 aliphatic heterocycles. The van der Waals surface area contributed by atoms with E-state index >= 15 is 0 Å². The standard InChI is InChI=1S/C23H22FN3/c1-3-4-5-20-22(18-8-6-16(2)7-9-18)23-25-15-14-21(27(23)26-20)17-10-12-19(24)13-11-17/h6-15H,3-5H2,1-2H3. The average molecular weight is 359 g/mol. The number of hydrogen-bond donors (Lipinski definition) is 0. The van der Waals surface area contributed by atoms with Gasteiger partial charge in [-0.15, -0.1) is 0 Å². The van der Waals surface area contributed by atoms with Gasteiger partial charge in [-0.3, -0.25) is 0 Å². The van der Waals surface area contributed by atoms with Crippen LogP contribution in [-0.4, -0.2) is 14.6 Å². The van der Waals surface area contributed by atoms with Crippen molar-refractivity contribution in [2.24, 2.45) is 0 Å². The van der Waals surface area contributed by atoms with Crippen LogP contribution in [0.2, 0.25) is 0 Å². The van der Waals surface area contributed by atoms with Gasteiger partial charge < -0.3 is 0 Å². The van der Waals surface area contributed by atoms with E-state index in [9.17, 15) is 4.39 Å². The molecular formula is C23H22FN3. The number of benzene rings is 2. The second-order valence-electron chi connectivity index (χ2n) is 6.86. The fourth-order valence-electron chi connectivity index (χ4n) is 3.36. The monoisotopic (exact) mass is 359 g/mol. The highest BCUT2D eigenvalue weighted by molar-refractivity contribution is 5.81. The Morgan fingerprint density at radius 2 is 1.63 bits per heavy atom. The van der Waals surface area contributed by atoms with Gasteiger partial charge in [-0.05, 0) is 55.7 Å². The van der Waals surface area contributed by atoms with Crippen LogP contribution in [-0.2, 0) is 6.42 Å². The number of hydrogen-bond acceptors (Lipinski definition) is 2. The maximum Gasteiger partial charge on any atom is 0.163 e. The van der Waals surface area contributed by atoms with Gasteiger partial charge in [-0.25, -0.2) is 13.9 Å². The van der Waals surface area contributed by atoms with Gasteiger partial charge in [-0.1, -0.05) is 43.2 Å². The minimum absolute atomic E-state index is 0.242. The highest BCUT2D eigenvalue weighted by Crippen LogP contribution is 2.31. The Hall–Kier alpha value is -3.01. The van der Waals surface area contributed by atoms with E-state index < -0.39 is 0 Å². The summed E-state index contributed by atoms with van der Waals surface area (Å²) in [6.45, 7) is 4.27. The molecule has 2 aromatic heterocycles. The van der Waals surface area contributed by atoms with Crippen molar-refractivity contribution in [1.82, 2.24) is 14.6 Å². The van der Waals surface area contributed by atoms with Crippen molar-refractivity contribution in [1.29, 1.82) is 0 Å². The molecule has 0 fully saturated rings. The third-order valence-electron chi connectivity index (χ3n) is 4.84. The number of unbranched alkanes of at least 4 members (excludes halogenated alkanes) is 1. The Kier molecular flexibility index (Phi) is 4.71. The number of aromatic nitrogens is 3. The predicted molar refractivity (Wildman–Crippen MR) is 107 cm³/mol. The molecule has 0 N–H and O–H groups in total. The smallest absolute Gasteiger partial charge is 0.163 e. The molecule has 0 aliphatic rings. The van der Waals surface area contributed by atoms with E-state index in [1.165, 1.54) is 17.7 Å². The number of halogens is 1. The van der Waals surface area contributed by atoms with Crippen LogP contribution in [0.25, 0.3) is 28.0 Å². The summed E-state index contributed by atoms with van der Waals surface area (Å²) in [5, 5.41) is 4.91. The van der Waals surface area contributed by atoms with Crippen molar-refractivity contribution in [2.45, 2.75) is 33.1 Å². The molecule has 2 heterocycles.